The third-order valence-electron chi connectivity index (χ3n) is 2.98. The standard InChI is InChI=1S/C15H12ClN3OS/c1-10-5-7-12(8-6-10)17-14-18-21-15(20)19(14)13-4-2-3-11(16)9-13/h2-9H,1H3,(H,17,18). The van der Waals surface area contributed by atoms with Gasteiger partial charge in [0.15, 0.2) is 0 Å². The maximum Gasteiger partial charge on any atom is 0.332 e. The molecule has 2 aromatic carbocycles. The van der Waals surface area contributed by atoms with Gasteiger partial charge in [0, 0.05) is 22.2 Å². The number of aromatic nitrogens is 2. The smallest absolute Gasteiger partial charge is 0.324 e. The molecule has 0 radical (unpaired) electrons. The zero-order valence-corrected chi connectivity index (χ0v) is 12.8. The Balaban J connectivity index is 2.01. The van der Waals surface area contributed by atoms with E-state index in [2.05, 4.69) is 9.69 Å². The predicted molar refractivity (Wildman–Crippen MR) is 87.2 cm³/mol. The van der Waals surface area contributed by atoms with Crippen molar-refractivity contribution in [3.05, 3.63) is 68.8 Å². The van der Waals surface area contributed by atoms with Crippen LogP contribution < -0.4 is 10.2 Å². The number of hydrogen-bond donors (Lipinski definition) is 1. The molecule has 0 aliphatic carbocycles. The van der Waals surface area contributed by atoms with Crippen LogP contribution in [0.3, 0.4) is 0 Å². The van der Waals surface area contributed by atoms with E-state index in [0.29, 0.717) is 16.7 Å². The van der Waals surface area contributed by atoms with Crippen LogP contribution in [0.25, 0.3) is 5.69 Å². The second-order valence-corrected chi connectivity index (χ2v) is 5.73. The lowest BCUT2D eigenvalue weighted by Crippen LogP contribution is -2.13. The fraction of sp³-hybridized carbons (Fsp3) is 0.0667. The van der Waals surface area contributed by atoms with Gasteiger partial charge in [-0.1, -0.05) is 35.4 Å². The summed E-state index contributed by atoms with van der Waals surface area (Å²) >= 11 is 6.90. The second kappa shape index (κ2) is 5.71. The van der Waals surface area contributed by atoms with E-state index in [0.717, 1.165) is 17.2 Å². The number of nitrogens with zero attached hydrogens (tertiary/aromatic N) is 2. The molecule has 0 unspecified atom stereocenters. The average Bonchev–Trinajstić information content (AvgIpc) is 2.82. The van der Waals surface area contributed by atoms with Gasteiger partial charge in [-0.2, -0.15) is 4.37 Å². The maximum atomic E-state index is 12.0. The summed E-state index contributed by atoms with van der Waals surface area (Å²) < 4.78 is 5.69. The molecule has 3 rings (SSSR count). The Morgan fingerprint density at radius 1 is 1.19 bits per heavy atom. The number of anilines is 2. The van der Waals surface area contributed by atoms with Crippen molar-refractivity contribution in [1.29, 1.82) is 0 Å². The molecule has 3 aromatic rings. The minimum absolute atomic E-state index is 0.160. The Morgan fingerprint density at radius 2 is 1.95 bits per heavy atom. The highest BCUT2D eigenvalue weighted by molar-refractivity contribution is 7.03. The van der Waals surface area contributed by atoms with E-state index in [1.807, 2.05) is 37.3 Å². The number of aryl methyl sites for hydroxylation is 1. The molecule has 1 N–H and O–H groups in total. The quantitative estimate of drug-likeness (QED) is 0.794. The molecule has 0 amide bonds. The molecule has 0 saturated carbocycles. The summed E-state index contributed by atoms with van der Waals surface area (Å²) in [5.41, 5.74) is 2.74. The highest BCUT2D eigenvalue weighted by atomic mass is 35.5. The number of benzene rings is 2. The zero-order chi connectivity index (χ0) is 14.8. The van der Waals surface area contributed by atoms with Gasteiger partial charge >= 0.3 is 4.87 Å². The summed E-state index contributed by atoms with van der Waals surface area (Å²) in [7, 11) is 0. The van der Waals surface area contributed by atoms with Crippen LogP contribution in [0.1, 0.15) is 5.56 Å². The van der Waals surface area contributed by atoms with Gasteiger partial charge in [-0.05, 0) is 37.3 Å². The summed E-state index contributed by atoms with van der Waals surface area (Å²) in [6, 6.07) is 15.0. The highest BCUT2D eigenvalue weighted by Gasteiger charge is 2.11. The number of hydrogen-bond acceptors (Lipinski definition) is 4. The lowest BCUT2D eigenvalue weighted by Gasteiger charge is -2.08. The number of rotatable bonds is 3. The van der Waals surface area contributed by atoms with Crippen LogP contribution in [0, 0.1) is 6.92 Å². The molecular formula is C15H12ClN3OS. The molecule has 6 heteroatoms. The van der Waals surface area contributed by atoms with Gasteiger partial charge < -0.3 is 5.32 Å². The first-order chi connectivity index (χ1) is 10.1. The minimum Gasteiger partial charge on any atom is -0.324 e. The third kappa shape index (κ3) is 2.99. The SMILES string of the molecule is Cc1ccc(Nc2nsc(=O)n2-c2cccc(Cl)c2)cc1. The van der Waals surface area contributed by atoms with Gasteiger partial charge in [0.05, 0.1) is 5.69 Å². The molecule has 4 nitrogen and oxygen atoms in total. The van der Waals surface area contributed by atoms with Gasteiger partial charge in [-0.15, -0.1) is 0 Å². The van der Waals surface area contributed by atoms with Crippen molar-refractivity contribution in [2.45, 2.75) is 6.92 Å². The first-order valence-corrected chi connectivity index (χ1v) is 7.47. The molecule has 1 aromatic heterocycles. The Morgan fingerprint density at radius 3 is 2.67 bits per heavy atom. The Bertz CT molecular complexity index is 823. The zero-order valence-electron chi connectivity index (χ0n) is 11.2. The third-order valence-corrected chi connectivity index (χ3v) is 3.82. The van der Waals surface area contributed by atoms with Gasteiger partial charge in [0.2, 0.25) is 5.95 Å². The van der Waals surface area contributed by atoms with Crippen molar-refractivity contribution in [2.24, 2.45) is 0 Å². The van der Waals surface area contributed by atoms with Crippen molar-refractivity contribution >= 4 is 34.8 Å². The lowest BCUT2D eigenvalue weighted by atomic mass is 10.2. The molecule has 106 valence electrons. The van der Waals surface area contributed by atoms with Gasteiger partial charge in [0.1, 0.15) is 0 Å². The summed E-state index contributed by atoms with van der Waals surface area (Å²) in [4.78, 5) is 11.9. The Kier molecular flexibility index (Phi) is 3.77. The molecular weight excluding hydrogens is 306 g/mol. The van der Waals surface area contributed by atoms with Crippen molar-refractivity contribution in [1.82, 2.24) is 8.94 Å². The number of halogens is 1. The normalized spacial score (nSPS) is 10.6. The largest absolute Gasteiger partial charge is 0.332 e. The van der Waals surface area contributed by atoms with E-state index in [4.69, 9.17) is 11.6 Å². The van der Waals surface area contributed by atoms with E-state index in [9.17, 15) is 4.79 Å². The van der Waals surface area contributed by atoms with Crippen LogP contribution >= 0.6 is 23.1 Å². The van der Waals surface area contributed by atoms with Crippen molar-refractivity contribution in [3.63, 3.8) is 0 Å². The topological polar surface area (TPSA) is 46.9 Å². The van der Waals surface area contributed by atoms with Crippen LogP contribution in [0.4, 0.5) is 11.6 Å². The highest BCUT2D eigenvalue weighted by Crippen LogP contribution is 2.20. The molecule has 0 saturated heterocycles. The molecule has 1 heterocycles. The van der Waals surface area contributed by atoms with Crippen molar-refractivity contribution in [3.8, 4) is 5.69 Å². The van der Waals surface area contributed by atoms with Gasteiger partial charge in [-0.25, -0.2) is 4.57 Å². The lowest BCUT2D eigenvalue weighted by molar-refractivity contribution is 1.03. The average molecular weight is 318 g/mol. The molecule has 0 bridgehead atoms. The fourth-order valence-corrected chi connectivity index (χ4v) is 2.69. The molecule has 0 fully saturated rings. The first-order valence-electron chi connectivity index (χ1n) is 6.32. The Labute approximate surface area is 130 Å². The molecule has 0 aliphatic heterocycles. The first kappa shape index (κ1) is 13.9. The van der Waals surface area contributed by atoms with Crippen LogP contribution in [-0.2, 0) is 0 Å². The summed E-state index contributed by atoms with van der Waals surface area (Å²) in [6.45, 7) is 2.02. The summed E-state index contributed by atoms with van der Waals surface area (Å²) in [5, 5.41) is 3.73. The van der Waals surface area contributed by atoms with Crippen LogP contribution in [0.5, 0.6) is 0 Å². The van der Waals surface area contributed by atoms with Gasteiger partial charge in [-0.3, -0.25) is 4.79 Å². The predicted octanol–water partition coefficient (Wildman–Crippen LogP) is 4.00. The monoisotopic (exact) mass is 317 g/mol. The fourth-order valence-electron chi connectivity index (χ4n) is 1.94. The number of nitrogens with one attached hydrogen (secondary N) is 1. The van der Waals surface area contributed by atoms with E-state index < -0.39 is 0 Å². The van der Waals surface area contributed by atoms with E-state index in [-0.39, 0.29) is 4.87 Å². The summed E-state index contributed by atoms with van der Waals surface area (Å²) in [6.07, 6.45) is 0. The van der Waals surface area contributed by atoms with E-state index in [1.54, 1.807) is 18.2 Å². The van der Waals surface area contributed by atoms with E-state index >= 15 is 0 Å². The van der Waals surface area contributed by atoms with E-state index in [1.165, 1.54) is 10.1 Å². The van der Waals surface area contributed by atoms with Crippen LogP contribution in [-0.4, -0.2) is 8.94 Å². The molecule has 0 aliphatic rings. The summed E-state index contributed by atoms with van der Waals surface area (Å²) in [5.74, 6) is 0.483. The second-order valence-electron chi connectivity index (χ2n) is 4.58. The Hall–Kier alpha value is -2.11. The van der Waals surface area contributed by atoms with Crippen molar-refractivity contribution in [2.75, 3.05) is 5.32 Å². The van der Waals surface area contributed by atoms with Crippen LogP contribution in [0.2, 0.25) is 5.02 Å². The van der Waals surface area contributed by atoms with Gasteiger partial charge in [0.25, 0.3) is 0 Å². The maximum absolute atomic E-state index is 12.0. The minimum atomic E-state index is -0.160. The molecule has 0 atom stereocenters. The molecule has 0 spiro atoms. The van der Waals surface area contributed by atoms with Crippen LogP contribution in [0.15, 0.2) is 53.3 Å². The van der Waals surface area contributed by atoms with Crippen molar-refractivity contribution < 1.29 is 0 Å². The molecule has 21 heavy (non-hydrogen) atoms.